The van der Waals surface area contributed by atoms with Crippen molar-refractivity contribution in [2.45, 2.75) is 12.2 Å². The van der Waals surface area contributed by atoms with E-state index in [1.807, 2.05) is 0 Å². The monoisotopic (exact) mass is 268 g/mol. The van der Waals surface area contributed by atoms with Crippen LogP contribution in [0.15, 0.2) is 28.7 Å². The minimum atomic E-state index is -4.39. The lowest BCUT2D eigenvalue weighted by Gasteiger charge is -2.19. The summed E-state index contributed by atoms with van der Waals surface area (Å²) in [6.07, 6.45) is -4.39. The van der Waals surface area contributed by atoms with E-state index in [1.54, 1.807) is 5.43 Å². The molecule has 0 heterocycles. The third-order valence-corrected chi connectivity index (χ3v) is 2.23. The molecule has 0 spiro atoms. The number of hydrogen-bond acceptors (Lipinski definition) is 2. The molecule has 0 saturated carbocycles. The normalized spacial score (nSPS) is 14.1. The van der Waals surface area contributed by atoms with Gasteiger partial charge in [0.2, 0.25) is 0 Å². The van der Waals surface area contributed by atoms with Crippen LogP contribution in [0.3, 0.4) is 0 Å². The molecule has 0 aromatic heterocycles. The van der Waals surface area contributed by atoms with E-state index < -0.39 is 12.2 Å². The second-order valence-corrected chi connectivity index (χ2v) is 3.61. The maximum Gasteiger partial charge on any atom is 0.409 e. The van der Waals surface area contributed by atoms with Crippen LogP contribution in [0.5, 0.6) is 0 Å². The average Bonchev–Trinajstić information content (AvgIpc) is 2.07. The second-order valence-electron chi connectivity index (χ2n) is 2.69. The average molecular weight is 269 g/mol. The van der Waals surface area contributed by atoms with Crippen molar-refractivity contribution in [3.8, 4) is 0 Å². The zero-order valence-corrected chi connectivity index (χ0v) is 8.56. The summed E-state index contributed by atoms with van der Waals surface area (Å²) in [5.74, 6) is 4.85. The van der Waals surface area contributed by atoms with Crippen LogP contribution in [-0.4, -0.2) is 6.18 Å². The van der Waals surface area contributed by atoms with Crippen LogP contribution in [0.4, 0.5) is 13.2 Å². The van der Waals surface area contributed by atoms with Gasteiger partial charge < -0.3 is 0 Å². The molecule has 1 atom stereocenters. The number of nitrogens with two attached hydrogens (primary N) is 1. The summed E-state index contributed by atoms with van der Waals surface area (Å²) < 4.78 is 37.8. The lowest BCUT2D eigenvalue weighted by molar-refractivity contribution is -0.157. The third-order valence-electron chi connectivity index (χ3n) is 1.70. The first-order chi connectivity index (χ1) is 6.45. The number of alkyl halides is 3. The molecule has 1 aromatic carbocycles. The molecule has 3 N–H and O–H groups in total. The van der Waals surface area contributed by atoms with Crippen LogP contribution in [0, 0.1) is 0 Å². The van der Waals surface area contributed by atoms with Gasteiger partial charge in [-0.15, -0.1) is 0 Å². The molecule has 0 aliphatic heterocycles. The van der Waals surface area contributed by atoms with E-state index >= 15 is 0 Å². The van der Waals surface area contributed by atoms with E-state index in [1.165, 1.54) is 24.3 Å². The molecule has 0 aliphatic rings. The number of rotatable bonds is 2. The van der Waals surface area contributed by atoms with Gasteiger partial charge in [-0.3, -0.25) is 5.84 Å². The predicted molar refractivity (Wildman–Crippen MR) is 50.3 cm³/mol. The Bertz CT molecular complexity index is 296. The van der Waals surface area contributed by atoms with Crippen LogP contribution in [0.2, 0.25) is 0 Å². The number of nitrogens with one attached hydrogen (secondary N) is 1. The SMILES string of the molecule is NN[C@@H](c1ccc(Br)cc1)C(F)(F)F. The van der Waals surface area contributed by atoms with Gasteiger partial charge in [0.15, 0.2) is 0 Å². The van der Waals surface area contributed by atoms with Crippen molar-refractivity contribution < 1.29 is 13.2 Å². The first-order valence-electron chi connectivity index (χ1n) is 3.73. The third kappa shape index (κ3) is 2.70. The number of benzene rings is 1. The maximum atomic E-state index is 12.4. The van der Waals surface area contributed by atoms with Gasteiger partial charge in [0.1, 0.15) is 6.04 Å². The van der Waals surface area contributed by atoms with E-state index in [-0.39, 0.29) is 5.56 Å². The summed E-state index contributed by atoms with van der Waals surface area (Å²) in [5, 5.41) is 0. The molecule has 0 radical (unpaired) electrons. The zero-order valence-electron chi connectivity index (χ0n) is 6.98. The summed E-state index contributed by atoms with van der Waals surface area (Å²) in [5.41, 5.74) is 1.82. The van der Waals surface area contributed by atoms with Crippen molar-refractivity contribution >= 4 is 15.9 Å². The smallest absolute Gasteiger partial charge is 0.271 e. The van der Waals surface area contributed by atoms with Crippen molar-refractivity contribution in [1.29, 1.82) is 0 Å². The van der Waals surface area contributed by atoms with Crippen LogP contribution < -0.4 is 11.3 Å². The van der Waals surface area contributed by atoms with E-state index in [0.29, 0.717) is 0 Å². The van der Waals surface area contributed by atoms with Gasteiger partial charge in [-0.25, -0.2) is 5.43 Å². The summed E-state index contributed by atoms with van der Waals surface area (Å²) in [4.78, 5) is 0. The van der Waals surface area contributed by atoms with E-state index in [4.69, 9.17) is 5.84 Å². The van der Waals surface area contributed by atoms with Crippen molar-refractivity contribution in [2.75, 3.05) is 0 Å². The van der Waals surface area contributed by atoms with Gasteiger partial charge in [-0.05, 0) is 17.7 Å². The summed E-state index contributed by atoms with van der Waals surface area (Å²) >= 11 is 3.13. The molecule has 0 fully saturated rings. The Hall–Kier alpha value is -0.590. The van der Waals surface area contributed by atoms with Crippen LogP contribution in [-0.2, 0) is 0 Å². The summed E-state index contributed by atoms with van der Waals surface area (Å²) in [6.45, 7) is 0. The first kappa shape index (κ1) is 11.5. The van der Waals surface area contributed by atoms with Crippen LogP contribution in [0.1, 0.15) is 11.6 Å². The highest BCUT2D eigenvalue weighted by atomic mass is 79.9. The highest BCUT2D eigenvalue weighted by Crippen LogP contribution is 2.32. The Morgan fingerprint density at radius 1 is 1.21 bits per heavy atom. The second kappa shape index (κ2) is 4.29. The lowest BCUT2D eigenvalue weighted by Crippen LogP contribution is -2.38. The lowest BCUT2D eigenvalue weighted by atomic mass is 10.1. The van der Waals surface area contributed by atoms with Gasteiger partial charge in [0, 0.05) is 4.47 Å². The Balaban J connectivity index is 2.96. The number of hydrazine groups is 1. The molecular weight excluding hydrogens is 261 g/mol. The highest BCUT2D eigenvalue weighted by Gasteiger charge is 2.39. The fourth-order valence-corrected chi connectivity index (χ4v) is 1.30. The minimum absolute atomic E-state index is 0.0863. The minimum Gasteiger partial charge on any atom is -0.271 e. The molecule has 1 rings (SSSR count). The largest absolute Gasteiger partial charge is 0.409 e. The fraction of sp³-hybridized carbons (Fsp3) is 0.250. The quantitative estimate of drug-likeness (QED) is 0.639. The fourth-order valence-electron chi connectivity index (χ4n) is 1.03. The summed E-state index contributed by atoms with van der Waals surface area (Å²) in [6, 6.07) is 3.97. The molecule has 0 unspecified atom stereocenters. The molecule has 2 nitrogen and oxygen atoms in total. The van der Waals surface area contributed by atoms with E-state index in [9.17, 15) is 13.2 Å². The zero-order chi connectivity index (χ0) is 10.8. The van der Waals surface area contributed by atoms with Crippen molar-refractivity contribution in [3.05, 3.63) is 34.3 Å². The molecule has 6 heteroatoms. The Labute approximate surface area is 87.4 Å². The van der Waals surface area contributed by atoms with Crippen molar-refractivity contribution in [3.63, 3.8) is 0 Å². The molecule has 0 aliphatic carbocycles. The molecular formula is C8H8BrF3N2. The van der Waals surface area contributed by atoms with E-state index in [0.717, 1.165) is 4.47 Å². The van der Waals surface area contributed by atoms with E-state index in [2.05, 4.69) is 15.9 Å². The number of halogens is 4. The van der Waals surface area contributed by atoms with Gasteiger partial charge in [0.25, 0.3) is 0 Å². The molecule has 0 saturated heterocycles. The van der Waals surface area contributed by atoms with Crippen LogP contribution in [0.25, 0.3) is 0 Å². The van der Waals surface area contributed by atoms with Crippen molar-refractivity contribution in [2.24, 2.45) is 5.84 Å². The topological polar surface area (TPSA) is 38.0 Å². The Kier molecular flexibility index (Phi) is 3.52. The molecule has 78 valence electrons. The Morgan fingerprint density at radius 2 is 1.71 bits per heavy atom. The summed E-state index contributed by atoms with van der Waals surface area (Å²) in [7, 11) is 0. The van der Waals surface area contributed by atoms with Crippen molar-refractivity contribution in [1.82, 2.24) is 5.43 Å². The predicted octanol–water partition coefficient (Wildman–Crippen LogP) is 2.52. The molecule has 14 heavy (non-hydrogen) atoms. The molecule has 1 aromatic rings. The standard InChI is InChI=1S/C8H8BrF3N2/c9-6-3-1-5(2-4-6)7(14-13)8(10,11)12/h1-4,7,14H,13H2/t7-/m0/s1. The Morgan fingerprint density at radius 3 is 2.07 bits per heavy atom. The number of hydrogen-bond donors (Lipinski definition) is 2. The van der Waals surface area contributed by atoms with Gasteiger partial charge >= 0.3 is 6.18 Å². The van der Waals surface area contributed by atoms with Gasteiger partial charge in [-0.1, -0.05) is 28.1 Å². The molecule has 0 amide bonds. The molecule has 0 bridgehead atoms. The van der Waals surface area contributed by atoms with Gasteiger partial charge in [-0.2, -0.15) is 13.2 Å². The highest BCUT2D eigenvalue weighted by molar-refractivity contribution is 9.10. The van der Waals surface area contributed by atoms with Crippen LogP contribution >= 0.6 is 15.9 Å². The first-order valence-corrected chi connectivity index (χ1v) is 4.52. The van der Waals surface area contributed by atoms with Gasteiger partial charge in [0.05, 0.1) is 0 Å². The maximum absolute atomic E-state index is 12.4.